The monoisotopic (exact) mass is 362 g/mol. The Balaban J connectivity index is 1.65. The SMILES string of the molecule is CC1=C(c2ccccc2)N2C(=N[C@H]3c4ccccc4OC[C@@H]3C2(C)C)S1. The zero-order chi connectivity index (χ0) is 17.9. The van der Waals surface area contributed by atoms with Gasteiger partial charge in [0.05, 0.1) is 18.3 Å². The van der Waals surface area contributed by atoms with E-state index in [1.165, 1.54) is 21.7 Å². The van der Waals surface area contributed by atoms with Crippen LogP contribution >= 0.6 is 11.8 Å². The summed E-state index contributed by atoms with van der Waals surface area (Å²) in [5, 5.41) is 1.12. The van der Waals surface area contributed by atoms with Crippen LogP contribution in [0.25, 0.3) is 5.70 Å². The number of rotatable bonds is 1. The maximum atomic E-state index is 6.13. The molecular weight excluding hydrogens is 340 g/mol. The van der Waals surface area contributed by atoms with Crippen molar-refractivity contribution >= 4 is 22.6 Å². The Kier molecular flexibility index (Phi) is 3.48. The second-order valence-electron chi connectivity index (χ2n) is 7.67. The summed E-state index contributed by atoms with van der Waals surface area (Å²) in [6.45, 7) is 7.57. The van der Waals surface area contributed by atoms with Crippen LogP contribution in [0.1, 0.15) is 37.9 Å². The molecule has 0 saturated heterocycles. The molecule has 2 aromatic carbocycles. The van der Waals surface area contributed by atoms with Gasteiger partial charge in [-0.1, -0.05) is 60.3 Å². The van der Waals surface area contributed by atoms with Gasteiger partial charge in [-0.2, -0.15) is 0 Å². The van der Waals surface area contributed by atoms with E-state index >= 15 is 0 Å². The van der Waals surface area contributed by atoms with E-state index in [4.69, 9.17) is 9.73 Å². The van der Waals surface area contributed by atoms with Gasteiger partial charge in [-0.3, -0.25) is 4.99 Å². The molecule has 3 aliphatic heterocycles. The molecule has 132 valence electrons. The number of ether oxygens (including phenoxy) is 1. The van der Waals surface area contributed by atoms with Crippen LogP contribution in [0.5, 0.6) is 5.75 Å². The van der Waals surface area contributed by atoms with E-state index in [1.807, 2.05) is 6.07 Å². The van der Waals surface area contributed by atoms with Crippen molar-refractivity contribution in [3.05, 3.63) is 70.6 Å². The summed E-state index contributed by atoms with van der Waals surface area (Å²) in [4.78, 5) is 8.97. The highest BCUT2D eigenvalue weighted by Gasteiger charge is 2.52. The van der Waals surface area contributed by atoms with Gasteiger partial charge in [0.15, 0.2) is 5.17 Å². The van der Waals surface area contributed by atoms with Gasteiger partial charge in [0.25, 0.3) is 0 Å². The predicted molar refractivity (Wildman–Crippen MR) is 108 cm³/mol. The van der Waals surface area contributed by atoms with Crippen LogP contribution in [0.15, 0.2) is 64.5 Å². The number of aliphatic imine (C=N–C) groups is 1. The predicted octanol–water partition coefficient (Wildman–Crippen LogP) is 5.32. The molecule has 0 radical (unpaired) electrons. The van der Waals surface area contributed by atoms with Crippen molar-refractivity contribution in [1.82, 2.24) is 4.90 Å². The normalized spacial score (nSPS) is 25.8. The molecule has 3 nitrogen and oxygen atoms in total. The third-order valence-electron chi connectivity index (χ3n) is 5.81. The smallest absolute Gasteiger partial charge is 0.169 e. The fourth-order valence-corrected chi connectivity index (χ4v) is 5.57. The number of para-hydroxylation sites is 1. The van der Waals surface area contributed by atoms with Gasteiger partial charge in [0.2, 0.25) is 0 Å². The van der Waals surface area contributed by atoms with Crippen molar-refractivity contribution < 1.29 is 4.74 Å². The number of thioether (sulfide) groups is 1. The fourth-order valence-electron chi connectivity index (χ4n) is 4.41. The molecule has 0 fully saturated rings. The lowest BCUT2D eigenvalue weighted by Crippen LogP contribution is -2.56. The number of nitrogens with zero attached hydrogens (tertiary/aromatic N) is 2. The standard InChI is InChI=1S/C22H22N2OS/c1-14-20(15-9-5-4-6-10-15)24-21(26-14)23-19-16-11-7-8-12-18(16)25-13-17(19)22(24,2)3/h4-12,17,19H,13H2,1-3H3/t17-,19-/m0/s1. The minimum Gasteiger partial charge on any atom is -0.493 e. The zero-order valence-corrected chi connectivity index (χ0v) is 16.1. The Morgan fingerprint density at radius 2 is 1.81 bits per heavy atom. The van der Waals surface area contributed by atoms with Crippen LogP contribution in [-0.4, -0.2) is 22.2 Å². The molecule has 0 aliphatic carbocycles. The van der Waals surface area contributed by atoms with Gasteiger partial charge in [-0.25, -0.2) is 0 Å². The Labute approximate surface area is 158 Å². The average Bonchev–Trinajstić information content (AvgIpc) is 2.99. The van der Waals surface area contributed by atoms with Crippen molar-refractivity contribution in [3.63, 3.8) is 0 Å². The minimum atomic E-state index is -0.0782. The average molecular weight is 362 g/mol. The summed E-state index contributed by atoms with van der Waals surface area (Å²) in [5.41, 5.74) is 3.68. The van der Waals surface area contributed by atoms with Crippen LogP contribution in [0.3, 0.4) is 0 Å². The van der Waals surface area contributed by atoms with Crippen molar-refractivity contribution in [2.24, 2.45) is 10.9 Å². The number of hydrogen-bond acceptors (Lipinski definition) is 4. The number of benzene rings is 2. The minimum absolute atomic E-state index is 0.0782. The third kappa shape index (κ3) is 2.18. The third-order valence-corrected chi connectivity index (χ3v) is 6.78. The van der Waals surface area contributed by atoms with Gasteiger partial charge in [0, 0.05) is 21.9 Å². The molecule has 0 amide bonds. The molecule has 0 spiro atoms. The Morgan fingerprint density at radius 3 is 2.62 bits per heavy atom. The molecule has 0 N–H and O–H groups in total. The van der Waals surface area contributed by atoms with Gasteiger partial charge in [0.1, 0.15) is 5.75 Å². The molecule has 0 bridgehead atoms. The second kappa shape index (κ2) is 5.65. The number of fused-ring (bicyclic) bond motifs is 4. The molecule has 0 aromatic heterocycles. The molecular formula is C22H22N2OS. The van der Waals surface area contributed by atoms with Crippen molar-refractivity contribution in [1.29, 1.82) is 0 Å². The van der Waals surface area contributed by atoms with Crippen LogP contribution in [0.2, 0.25) is 0 Å². The molecule has 0 unspecified atom stereocenters. The maximum absolute atomic E-state index is 6.13. The molecule has 4 heteroatoms. The molecule has 0 saturated carbocycles. The van der Waals surface area contributed by atoms with Crippen LogP contribution in [-0.2, 0) is 0 Å². The zero-order valence-electron chi connectivity index (χ0n) is 15.3. The topological polar surface area (TPSA) is 24.8 Å². The summed E-state index contributed by atoms with van der Waals surface area (Å²) < 4.78 is 6.13. The highest BCUT2D eigenvalue weighted by Crippen LogP contribution is 2.54. The highest BCUT2D eigenvalue weighted by atomic mass is 32.2. The fraction of sp³-hybridized carbons (Fsp3) is 0.318. The molecule has 3 heterocycles. The lowest BCUT2D eigenvalue weighted by atomic mass is 9.75. The van der Waals surface area contributed by atoms with Crippen molar-refractivity contribution in [3.8, 4) is 5.75 Å². The molecule has 26 heavy (non-hydrogen) atoms. The van der Waals surface area contributed by atoms with E-state index in [0.29, 0.717) is 12.5 Å². The maximum Gasteiger partial charge on any atom is 0.169 e. The van der Waals surface area contributed by atoms with Gasteiger partial charge >= 0.3 is 0 Å². The Bertz CT molecular complexity index is 932. The summed E-state index contributed by atoms with van der Waals surface area (Å²) in [5.74, 6) is 1.30. The largest absolute Gasteiger partial charge is 0.493 e. The lowest BCUT2D eigenvalue weighted by Gasteiger charge is -2.51. The first-order valence-corrected chi connectivity index (χ1v) is 9.93. The second-order valence-corrected chi connectivity index (χ2v) is 8.86. The van der Waals surface area contributed by atoms with Gasteiger partial charge in [-0.05, 0) is 32.4 Å². The van der Waals surface area contributed by atoms with Gasteiger partial charge < -0.3 is 9.64 Å². The first kappa shape index (κ1) is 16.0. The van der Waals surface area contributed by atoms with Gasteiger partial charge in [-0.15, -0.1) is 0 Å². The molecule has 5 rings (SSSR count). The van der Waals surface area contributed by atoms with Crippen LogP contribution in [0, 0.1) is 5.92 Å². The van der Waals surface area contributed by atoms with Crippen LogP contribution < -0.4 is 4.74 Å². The van der Waals surface area contributed by atoms with E-state index in [-0.39, 0.29) is 11.6 Å². The van der Waals surface area contributed by atoms with E-state index in [9.17, 15) is 0 Å². The number of hydrogen-bond donors (Lipinski definition) is 0. The summed E-state index contributed by atoms with van der Waals surface area (Å²) >= 11 is 1.80. The Morgan fingerprint density at radius 1 is 1.08 bits per heavy atom. The van der Waals surface area contributed by atoms with Crippen molar-refractivity contribution in [2.45, 2.75) is 32.4 Å². The summed E-state index contributed by atoms with van der Waals surface area (Å²) in [7, 11) is 0. The number of amidine groups is 1. The summed E-state index contributed by atoms with van der Waals surface area (Å²) in [6.07, 6.45) is 0. The first-order valence-electron chi connectivity index (χ1n) is 9.11. The Hall–Kier alpha value is -2.20. The molecule has 3 aliphatic rings. The van der Waals surface area contributed by atoms with E-state index in [0.717, 1.165) is 10.9 Å². The van der Waals surface area contributed by atoms with Crippen molar-refractivity contribution in [2.75, 3.05) is 6.61 Å². The number of allylic oxidation sites excluding steroid dienone is 1. The van der Waals surface area contributed by atoms with E-state index in [1.54, 1.807) is 11.8 Å². The lowest BCUT2D eigenvalue weighted by molar-refractivity contribution is 0.0745. The first-order chi connectivity index (χ1) is 12.6. The molecule has 2 atom stereocenters. The molecule has 2 aromatic rings. The van der Waals surface area contributed by atoms with Crippen LogP contribution in [0.4, 0.5) is 0 Å². The quantitative estimate of drug-likeness (QED) is 0.686. The highest BCUT2D eigenvalue weighted by molar-refractivity contribution is 8.17. The summed E-state index contributed by atoms with van der Waals surface area (Å²) in [6, 6.07) is 19.2. The van der Waals surface area contributed by atoms with E-state index < -0.39 is 0 Å². The van der Waals surface area contributed by atoms with E-state index in [2.05, 4.69) is 74.2 Å².